The highest BCUT2D eigenvalue weighted by Crippen LogP contribution is 2.39. The number of ether oxygens (including phenoxy) is 2. The molecule has 1 saturated heterocycles. The number of likely N-dealkylation sites (tertiary alicyclic amines) is 1. The summed E-state index contributed by atoms with van der Waals surface area (Å²) in [6.45, 7) is 2.83. The summed E-state index contributed by atoms with van der Waals surface area (Å²) >= 11 is 3.45. The molecule has 158 valence electrons. The summed E-state index contributed by atoms with van der Waals surface area (Å²) in [5, 5.41) is 0.723. The third-order valence-corrected chi connectivity index (χ3v) is 6.18. The summed E-state index contributed by atoms with van der Waals surface area (Å²) in [6.07, 6.45) is 3.71. The van der Waals surface area contributed by atoms with Crippen LogP contribution in [0.5, 0.6) is 11.5 Å². The standard InChI is InChI=1S/C22H24BrFN4O2/c1-27-9-7-15(8-10-27)13-30-21-12-18-16(11-20(21)29-2)22(26-14-25-18)28(23)19-6-4-3-5-17(19)24/h3-6,11-12,14-15H,7-10,13H2,1-2H3. The minimum atomic E-state index is -0.355. The molecule has 6 nitrogen and oxygen atoms in total. The average molecular weight is 475 g/mol. The SMILES string of the molecule is COc1cc2c(N(Br)c3ccccc3F)ncnc2cc1OCC1CCN(C)CC1. The minimum absolute atomic E-state index is 0.355. The van der Waals surface area contributed by atoms with E-state index >= 15 is 0 Å². The van der Waals surface area contributed by atoms with E-state index in [1.807, 2.05) is 12.1 Å². The number of benzene rings is 2. The topological polar surface area (TPSA) is 50.7 Å². The molecule has 2 heterocycles. The molecule has 30 heavy (non-hydrogen) atoms. The molecule has 8 heteroatoms. The molecule has 0 aliphatic carbocycles. The lowest BCUT2D eigenvalue weighted by molar-refractivity contribution is 0.157. The fourth-order valence-corrected chi connectivity index (χ4v) is 4.21. The van der Waals surface area contributed by atoms with E-state index < -0.39 is 0 Å². The van der Waals surface area contributed by atoms with Crippen LogP contribution in [0.2, 0.25) is 0 Å². The Kier molecular flexibility index (Phi) is 6.34. The summed E-state index contributed by atoms with van der Waals surface area (Å²) in [5.41, 5.74) is 1.05. The predicted octanol–water partition coefficient (Wildman–Crippen LogP) is 4.95. The van der Waals surface area contributed by atoms with E-state index in [0.717, 1.165) is 31.3 Å². The van der Waals surface area contributed by atoms with Gasteiger partial charge in [0, 0.05) is 11.5 Å². The summed E-state index contributed by atoms with van der Waals surface area (Å²) in [4.78, 5) is 11.1. The van der Waals surface area contributed by atoms with Gasteiger partial charge in [0.2, 0.25) is 0 Å². The number of hydrogen-bond acceptors (Lipinski definition) is 6. The van der Waals surface area contributed by atoms with Crippen molar-refractivity contribution in [2.24, 2.45) is 5.92 Å². The Balaban J connectivity index is 1.63. The molecular weight excluding hydrogens is 451 g/mol. The Morgan fingerprint density at radius 1 is 1.17 bits per heavy atom. The molecule has 0 N–H and O–H groups in total. The van der Waals surface area contributed by atoms with Crippen LogP contribution in [-0.2, 0) is 0 Å². The Labute approximate surface area is 184 Å². The predicted molar refractivity (Wildman–Crippen MR) is 119 cm³/mol. The second-order valence-electron chi connectivity index (χ2n) is 7.51. The summed E-state index contributed by atoms with van der Waals surface area (Å²) in [6, 6.07) is 10.2. The zero-order chi connectivity index (χ0) is 21.1. The molecule has 0 saturated carbocycles. The highest BCUT2D eigenvalue weighted by atomic mass is 79.9. The van der Waals surface area contributed by atoms with Crippen molar-refractivity contribution in [2.45, 2.75) is 12.8 Å². The molecule has 0 atom stereocenters. The largest absolute Gasteiger partial charge is 0.493 e. The Hall–Kier alpha value is -2.45. The number of piperidine rings is 1. The van der Waals surface area contributed by atoms with Crippen LogP contribution in [0.15, 0.2) is 42.7 Å². The van der Waals surface area contributed by atoms with E-state index in [0.29, 0.717) is 41.0 Å². The molecule has 0 unspecified atom stereocenters. The quantitative estimate of drug-likeness (QED) is 0.471. The van der Waals surface area contributed by atoms with E-state index in [1.165, 1.54) is 16.3 Å². The van der Waals surface area contributed by atoms with Gasteiger partial charge in [0.25, 0.3) is 0 Å². The van der Waals surface area contributed by atoms with Gasteiger partial charge < -0.3 is 14.4 Å². The van der Waals surface area contributed by atoms with Crippen LogP contribution in [0, 0.1) is 11.7 Å². The number of hydrogen-bond donors (Lipinski definition) is 0. The third-order valence-electron chi connectivity index (χ3n) is 5.46. The second-order valence-corrected chi connectivity index (χ2v) is 8.22. The van der Waals surface area contributed by atoms with Gasteiger partial charge in [-0.2, -0.15) is 0 Å². The van der Waals surface area contributed by atoms with Gasteiger partial charge in [-0.3, -0.25) is 3.93 Å². The highest BCUT2D eigenvalue weighted by Gasteiger charge is 2.20. The molecule has 2 aromatic carbocycles. The zero-order valence-corrected chi connectivity index (χ0v) is 18.6. The normalized spacial score (nSPS) is 15.3. The van der Waals surface area contributed by atoms with E-state index in [2.05, 4.69) is 38.1 Å². The number of anilines is 2. The van der Waals surface area contributed by atoms with Crippen molar-refractivity contribution in [3.63, 3.8) is 0 Å². The van der Waals surface area contributed by atoms with Crippen molar-refractivity contribution in [3.05, 3.63) is 48.5 Å². The van der Waals surface area contributed by atoms with Gasteiger partial charge >= 0.3 is 0 Å². The summed E-state index contributed by atoms with van der Waals surface area (Å²) in [5.74, 6) is 1.94. The van der Waals surface area contributed by atoms with Gasteiger partial charge in [0.15, 0.2) is 17.3 Å². The smallest absolute Gasteiger partial charge is 0.163 e. The molecule has 0 radical (unpaired) electrons. The zero-order valence-electron chi connectivity index (χ0n) is 17.0. The van der Waals surface area contributed by atoms with E-state index in [1.54, 1.807) is 25.3 Å². The maximum absolute atomic E-state index is 14.3. The van der Waals surface area contributed by atoms with Gasteiger partial charge in [-0.15, -0.1) is 0 Å². The van der Waals surface area contributed by atoms with Crippen LogP contribution in [0.3, 0.4) is 0 Å². The van der Waals surface area contributed by atoms with Crippen LogP contribution < -0.4 is 13.4 Å². The van der Waals surface area contributed by atoms with Crippen LogP contribution in [0.25, 0.3) is 10.9 Å². The highest BCUT2D eigenvalue weighted by molar-refractivity contribution is 9.10. The van der Waals surface area contributed by atoms with Gasteiger partial charge in [-0.05, 0) is 57.1 Å². The Morgan fingerprint density at radius 2 is 1.93 bits per heavy atom. The first-order valence-corrected chi connectivity index (χ1v) is 10.6. The van der Waals surface area contributed by atoms with Crippen molar-refractivity contribution >= 4 is 38.6 Å². The lowest BCUT2D eigenvalue weighted by atomic mass is 9.98. The lowest BCUT2D eigenvalue weighted by Gasteiger charge is -2.29. The van der Waals surface area contributed by atoms with Crippen LogP contribution >= 0.6 is 16.1 Å². The second kappa shape index (κ2) is 9.14. The molecule has 0 bridgehead atoms. The summed E-state index contributed by atoms with van der Waals surface area (Å²) in [7, 11) is 3.75. The minimum Gasteiger partial charge on any atom is -0.493 e. The molecule has 1 aromatic heterocycles. The van der Waals surface area contributed by atoms with Crippen LogP contribution in [0.1, 0.15) is 12.8 Å². The molecule has 1 aliphatic heterocycles. The van der Waals surface area contributed by atoms with E-state index in [-0.39, 0.29) is 5.82 Å². The Morgan fingerprint density at radius 3 is 2.67 bits per heavy atom. The first-order chi connectivity index (χ1) is 14.6. The van der Waals surface area contributed by atoms with Crippen molar-refractivity contribution in [3.8, 4) is 11.5 Å². The van der Waals surface area contributed by atoms with Gasteiger partial charge in [0.05, 0.1) is 41.1 Å². The van der Waals surface area contributed by atoms with Crippen LogP contribution in [-0.4, -0.2) is 48.7 Å². The molecular formula is C22H24BrFN4O2. The van der Waals surface area contributed by atoms with Crippen molar-refractivity contribution in [1.29, 1.82) is 0 Å². The monoisotopic (exact) mass is 474 g/mol. The molecule has 1 aliphatic rings. The van der Waals surface area contributed by atoms with Crippen molar-refractivity contribution in [1.82, 2.24) is 14.9 Å². The number of aromatic nitrogens is 2. The maximum Gasteiger partial charge on any atom is 0.163 e. The molecule has 4 rings (SSSR count). The molecule has 0 spiro atoms. The number of nitrogens with zero attached hydrogens (tertiary/aromatic N) is 4. The fourth-order valence-electron chi connectivity index (χ4n) is 3.64. The van der Waals surface area contributed by atoms with Crippen LogP contribution in [0.4, 0.5) is 15.9 Å². The molecule has 3 aromatic rings. The molecule has 1 fully saturated rings. The van der Waals surface area contributed by atoms with Crippen molar-refractivity contribution < 1.29 is 13.9 Å². The van der Waals surface area contributed by atoms with Crippen molar-refractivity contribution in [2.75, 3.05) is 37.8 Å². The first kappa shape index (κ1) is 20.8. The average Bonchev–Trinajstić information content (AvgIpc) is 2.77. The maximum atomic E-state index is 14.3. The number of halogens is 2. The number of methoxy groups -OCH3 is 1. The fraction of sp³-hybridized carbons (Fsp3) is 0.364. The van der Waals surface area contributed by atoms with Gasteiger partial charge in [-0.25, -0.2) is 14.4 Å². The Bertz CT molecular complexity index is 1030. The summed E-state index contributed by atoms with van der Waals surface area (Å²) < 4.78 is 27.5. The van der Waals surface area contributed by atoms with Gasteiger partial charge in [-0.1, -0.05) is 12.1 Å². The molecule has 0 amide bonds. The third kappa shape index (κ3) is 4.34. The van der Waals surface area contributed by atoms with Gasteiger partial charge in [0.1, 0.15) is 12.1 Å². The van der Waals surface area contributed by atoms with E-state index in [9.17, 15) is 4.39 Å². The number of para-hydroxylation sites is 1. The number of rotatable bonds is 6. The first-order valence-electron chi connectivity index (χ1n) is 9.91. The lowest BCUT2D eigenvalue weighted by Crippen LogP contribution is -2.32. The number of fused-ring (bicyclic) bond motifs is 1. The van der Waals surface area contributed by atoms with E-state index in [4.69, 9.17) is 9.47 Å².